The van der Waals surface area contributed by atoms with Crippen molar-refractivity contribution in [3.05, 3.63) is 12.2 Å². The Hall–Kier alpha value is -1.89. The molecule has 2 N–H and O–H groups in total. The van der Waals surface area contributed by atoms with Crippen molar-refractivity contribution in [2.45, 2.75) is 90.9 Å². The Labute approximate surface area is 197 Å². The maximum atomic E-state index is 11.6. The van der Waals surface area contributed by atoms with Gasteiger partial charge in [0.15, 0.2) is 0 Å². The van der Waals surface area contributed by atoms with E-state index in [9.17, 15) is 19.2 Å². The van der Waals surface area contributed by atoms with Gasteiger partial charge in [0.25, 0.3) is 0 Å². The molecule has 0 aromatic heterocycles. The highest BCUT2D eigenvalue weighted by atomic mass is 35.5. The second kappa shape index (κ2) is 17.6. The summed E-state index contributed by atoms with van der Waals surface area (Å²) in [7, 11) is 0. The van der Waals surface area contributed by atoms with Gasteiger partial charge in [0, 0.05) is 25.2 Å². The lowest BCUT2D eigenvalue weighted by Gasteiger charge is -2.21. The molecule has 1 fully saturated rings. The highest BCUT2D eigenvalue weighted by Crippen LogP contribution is 2.22. The van der Waals surface area contributed by atoms with Crippen LogP contribution in [0.3, 0.4) is 0 Å². The van der Waals surface area contributed by atoms with Crippen LogP contribution in [0, 0.1) is 11.8 Å². The lowest BCUT2D eigenvalue weighted by Crippen LogP contribution is -2.35. The molecule has 3 unspecified atom stereocenters. The van der Waals surface area contributed by atoms with Gasteiger partial charge in [-0.2, -0.15) is 0 Å². The summed E-state index contributed by atoms with van der Waals surface area (Å²) in [6.45, 7) is 9.66. The fourth-order valence-corrected chi connectivity index (χ4v) is 3.65. The summed E-state index contributed by atoms with van der Waals surface area (Å²) in [4.78, 5) is 45.9. The van der Waals surface area contributed by atoms with Crippen molar-refractivity contribution in [2.75, 3.05) is 13.1 Å². The Morgan fingerprint density at radius 2 is 1.62 bits per heavy atom. The van der Waals surface area contributed by atoms with Gasteiger partial charge in [-0.1, -0.05) is 66.2 Å². The molecule has 0 aliphatic carbocycles. The molecule has 0 aromatic rings. The summed E-state index contributed by atoms with van der Waals surface area (Å²) >= 11 is 5.77. The largest absolute Gasteiger partial charge is 0.478 e. The number of nitrogens with zero attached hydrogens (tertiary/aromatic N) is 1. The van der Waals surface area contributed by atoms with Gasteiger partial charge in [-0.15, -0.1) is 11.6 Å². The van der Waals surface area contributed by atoms with Crippen molar-refractivity contribution < 1.29 is 24.3 Å². The van der Waals surface area contributed by atoms with Gasteiger partial charge in [-0.05, 0) is 24.7 Å². The Morgan fingerprint density at radius 3 is 2.06 bits per heavy atom. The van der Waals surface area contributed by atoms with E-state index in [-0.39, 0.29) is 24.1 Å². The summed E-state index contributed by atoms with van der Waals surface area (Å²) in [5.41, 5.74) is 0. The molecule has 1 heterocycles. The summed E-state index contributed by atoms with van der Waals surface area (Å²) in [6, 6.07) is 0. The van der Waals surface area contributed by atoms with E-state index in [2.05, 4.69) is 33.0 Å². The topological polar surface area (TPSA) is 104 Å². The number of halogens is 1. The number of carbonyl (C=O) groups excluding carboxylic acids is 3. The number of likely N-dealkylation sites (tertiary alicyclic amines) is 1. The molecule has 1 rings (SSSR count). The number of hydrogen-bond acceptors (Lipinski definition) is 4. The number of carbonyl (C=O) groups is 4. The number of nitrogens with one attached hydrogen (secondary N) is 1. The zero-order valence-corrected chi connectivity index (χ0v) is 20.8. The number of carboxylic acid groups (broad SMARTS) is 1. The van der Waals surface area contributed by atoms with E-state index in [1.54, 1.807) is 0 Å². The Morgan fingerprint density at radius 1 is 1.06 bits per heavy atom. The Bertz CT molecular complexity index is 624. The number of imide groups is 1. The predicted octanol–water partition coefficient (Wildman–Crippen LogP) is 4.53. The van der Waals surface area contributed by atoms with Crippen LogP contribution in [0.25, 0.3) is 0 Å². The molecule has 1 saturated heterocycles. The smallest absolute Gasteiger partial charge is 0.328 e. The van der Waals surface area contributed by atoms with Crippen molar-refractivity contribution in [3.8, 4) is 0 Å². The average molecular weight is 473 g/mol. The minimum Gasteiger partial charge on any atom is -0.478 e. The first kappa shape index (κ1) is 30.1. The van der Waals surface area contributed by atoms with E-state index in [1.165, 1.54) is 11.3 Å². The number of aliphatic carboxylic acids is 1. The third-order valence-electron chi connectivity index (χ3n) is 5.66. The molecular weight excluding hydrogens is 432 g/mol. The summed E-state index contributed by atoms with van der Waals surface area (Å²) in [5, 5.41) is 10.4. The van der Waals surface area contributed by atoms with Gasteiger partial charge < -0.3 is 10.4 Å². The standard InChI is InChI=1S/C12H20ClNO2.C12H21NO3/c1-3-5-6-9(4-2)8-14-11(15)7-10(13)12(14)16;1-3-5-6-10(4-2)9-13-11(14)7-8-12(15)16/h9-10H,3-8H2,1-2H3;7-8,10H,3-6,9H2,1-2H3,(H,13,14)(H,15,16)/b;8-7-. The monoisotopic (exact) mass is 472 g/mol. The van der Waals surface area contributed by atoms with Gasteiger partial charge in [0.05, 0.1) is 6.42 Å². The van der Waals surface area contributed by atoms with Gasteiger partial charge in [0.1, 0.15) is 5.38 Å². The zero-order chi connectivity index (χ0) is 24.5. The fraction of sp³-hybridized carbons (Fsp3) is 0.750. The van der Waals surface area contributed by atoms with Gasteiger partial charge in [-0.25, -0.2) is 4.79 Å². The number of rotatable bonds is 14. The number of amides is 3. The van der Waals surface area contributed by atoms with E-state index >= 15 is 0 Å². The molecule has 184 valence electrons. The highest BCUT2D eigenvalue weighted by Gasteiger charge is 2.37. The molecule has 0 bridgehead atoms. The molecule has 7 nitrogen and oxygen atoms in total. The predicted molar refractivity (Wildman–Crippen MR) is 127 cm³/mol. The van der Waals surface area contributed by atoms with E-state index in [0.29, 0.717) is 24.9 Å². The minimum atomic E-state index is -1.10. The van der Waals surface area contributed by atoms with Crippen molar-refractivity contribution in [1.29, 1.82) is 0 Å². The quantitative estimate of drug-likeness (QED) is 0.219. The molecule has 1 aliphatic heterocycles. The average Bonchev–Trinajstić information content (AvgIpc) is 3.01. The second-order valence-corrected chi connectivity index (χ2v) is 8.79. The number of alkyl halides is 1. The number of carboxylic acids is 1. The van der Waals surface area contributed by atoms with Crippen molar-refractivity contribution >= 4 is 35.3 Å². The Balaban J connectivity index is 0.000000601. The van der Waals surface area contributed by atoms with Crippen LogP contribution in [0.1, 0.15) is 85.5 Å². The molecule has 32 heavy (non-hydrogen) atoms. The van der Waals surface area contributed by atoms with Crippen LogP contribution in [0.15, 0.2) is 12.2 Å². The van der Waals surface area contributed by atoms with Crippen LogP contribution in [0.2, 0.25) is 0 Å². The van der Waals surface area contributed by atoms with Gasteiger partial charge in [-0.3, -0.25) is 19.3 Å². The van der Waals surface area contributed by atoms with Crippen molar-refractivity contribution in [1.82, 2.24) is 10.2 Å². The van der Waals surface area contributed by atoms with Crippen LogP contribution in [0.5, 0.6) is 0 Å². The van der Waals surface area contributed by atoms with E-state index in [4.69, 9.17) is 16.7 Å². The normalized spacial score (nSPS) is 17.8. The molecule has 0 spiro atoms. The van der Waals surface area contributed by atoms with Crippen LogP contribution >= 0.6 is 11.6 Å². The van der Waals surface area contributed by atoms with Crippen LogP contribution < -0.4 is 5.32 Å². The fourth-order valence-electron chi connectivity index (χ4n) is 3.40. The van der Waals surface area contributed by atoms with E-state index in [0.717, 1.165) is 57.1 Å². The Kier molecular flexibility index (Phi) is 16.6. The van der Waals surface area contributed by atoms with Gasteiger partial charge >= 0.3 is 5.97 Å². The minimum absolute atomic E-state index is 0.111. The lowest BCUT2D eigenvalue weighted by molar-refractivity contribution is -0.139. The SMILES string of the molecule is CCCCC(CC)CN1C(=O)CC(Cl)C1=O.CCCCC(CC)CNC(=O)/C=C\C(=O)O. The lowest BCUT2D eigenvalue weighted by atomic mass is 9.99. The first-order valence-corrected chi connectivity index (χ1v) is 12.3. The summed E-state index contributed by atoms with van der Waals surface area (Å²) < 4.78 is 0. The molecule has 3 atom stereocenters. The van der Waals surface area contributed by atoms with Crippen LogP contribution in [-0.2, 0) is 19.2 Å². The van der Waals surface area contributed by atoms with Crippen molar-refractivity contribution in [2.24, 2.45) is 11.8 Å². The maximum absolute atomic E-state index is 11.6. The maximum Gasteiger partial charge on any atom is 0.328 e. The third-order valence-corrected chi connectivity index (χ3v) is 6.00. The first-order chi connectivity index (χ1) is 15.2. The molecule has 0 radical (unpaired) electrons. The number of unbranched alkanes of at least 4 members (excludes halogenated alkanes) is 2. The molecule has 8 heteroatoms. The molecule has 0 saturated carbocycles. The van der Waals surface area contributed by atoms with Gasteiger partial charge in [0.2, 0.25) is 17.7 Å². The van der Waals surface area contributed by atoms with E-state index in [1.807, 2.05) is 0 Å². The molecule has 0 aromatic carbocycles. The molecule has 1 aliphatic rings. The number of hydrogen-bond donors (Lipinski definition) is 2. The first-order valence-electron chi connectivity index (χ1n) is 11.9. The van der Waals surface area contributed by atoms with Crippen LogP contribution in [-0.4, -0.2) is 52.2 Å². The highest BCUT2D eigenvalue weighted by molar-refractivity contribution is 6.35. The zero-order valence-electron chi connectivity index (χ0n) is 20.1. The third kappa shape index (κ3) is 12.8. The summed E-state index contributed by atoms with van der Waals surface area (Å²) in [5.74, 6) is -0.843. The molecule has 3 amide bonds. The summed E-state index contributed by atoms with van der Waals surface area (Å²) in [6.07, 6.45) is 10.9. The second-order valence-electron chi connectivity index (χ2n) is 8.26. The molecular formula is C24H41ClN2O5. The van der Waals surface area contributed by atoms with Crippen molar-refractivity contribution in [3.63, 3.8) is 0 Å². The van der Waals surface area contributed by atoms with E-state index < -0.39 is 11.3 Å². The van der Waals surface area contributed by atoms with Crippen LogP contribution in [0.4, 0.5) is 0 Å².